The van der Waals surface area contributed by atoms with Crippen molar-refractivity contribution in [2.24, 2.45) is 0 Å². The standard InChI is InChI=1S/C17H26N2O4/c1-18(2)12-8-11-15(19(3)17(21)22-4)16(20)23-13-14-9-6-5-7-10-14/h5-7,9-10,15H,8,11-13H2,1-4H3/t15-/m0/s1. The van der Waals surface area contributed by atoms with Gasteiger partial charge in [0.1, 0.15) is 12.6 Å². The second kappa shape index (κ2) is 9.84. The van der Waals surface area contributed by atoms with E-state index in [1.807, 2.05) is 49.3 Å². The number of methoxy groups -OCH3 is 1. The molecule has 6 heteroatoms. The fourth-order valence-electron chi connectivity index (χ4n) is 2.17. The van der Waals surface area contributed by atoms with Crippen molar-refractivity contribution in [1.29, 1.82) is 0 Å². The van der Waals surface area contributed by atoms with Crippen molar-refractivity contribution in [2.45, 2.75) is 25.5 Å². The summed E-state index contributed by atoms with van der Waals surface area (Å²) in [5.41, 5.74) is 0.911. The van der Waals surface area contributed by atoms with E-state index in [0.717, 1.165) is 18.5 Å². The molecule has 23 heavy (non-hydrogen) atoms. The average Bonchev–Trinajstić information content (AvgIpc) is 2.56. The normalized spacial score (nSPS) is 11.9. The van der Waals surface area contributed by atoms with E-state index in [4.69, 9.17) is 9.47 Å². The van der Waals surface area contributed by atoms with Gasteiger partial charge in [-0.15, -0.1) is 0 Å². The van der Waals surface area contributed by atoms with Gasteiger partial charge in [0.2, 0.25) is 0 Å². The molecule has 0 N–H and O–H groups in total. The Hall–Kier alpha value is -2.08. The van der Waals surface area contributed by atoms with Gasteiger partial charge in [-0.2, -0.15) is 0 Å². The van der Waals surface area contributed by atoms with Crippen molar-refractivity contribution in [3.63, 3.8) is 0 Å². The monoisotopic (exact) mass is 322 g/mol. The zero-order valence-electron chi connectivity index (χ0n) is 14.3. The lowest BCUT2D eigenvalue weighted by molar-refractivity contribution is -0.150. The first-order valence-corrected chi connectivity index (χ1v) is 7.61. The molecular formula is C17H26N2O4. The predicted molar refractivity (Wildman–Crippen MR) is 88.0 cm³/mol. The van der Waals surface area contributed by atoms with Gasteiger partial charge in [-0.1, -0.05) is 30.3 Å². The minimum atomic E-state index is -0.647. The second-order valence-corrected chi connectivity index (χ2v) is 5.64. The smallest absolute Gasteiger partial charge is 0.409 e. The highest BCUT2D eigenvalue weighted by atomic mass is 16.6. The van der Waals surface area contributed by atoms with Crippen molar-refractivity contribution in [3.05, 3.63) is 35.9 Å². The Morgan fingerprint density at radius 2 is 1.78 bits per heavy atom. The van der Waals surface area contributed by atoms with E-state index in [9.17, 15) is 9.59 Å². The van der Waals surface area contributed by atoms with Gasteiger partial charge in [-0.05, 0) is 39.0 Å². The van der Waals surface area contributed by atoms with Gasteiger partial charge in [0.05, 0.1) is 7.11 Å². The van der Waals surface area contributed by atoms with Crippen LogP contribution in [0.3, 0.4) is 0 Å². The number of esters is 1. The number of rotatable bonds is 8. The van der Waals surface area contributed by atoms with Gasteiger partial charge < -0.3 is 14.4 Å². The molecule has 0 saturated heterocycles. The average molecular weight is 322 g/mol. The molecule has 0 aromatic heterocycles. The van der Waals surface area contributed by atoms with Crippen molar-refractivity contribution >= 4 is 12.1 Å². The number of likely N-dealkylation sites (N-methyl/N-ethyl adjacent to an activating group) is 1. The molecule has 128 valence electrons. The molecule has 0 aliphatic heterocycles. The van der Waals surface area contributed by atoms with Crippen LogP contribution in [-0.4, -0.2) is 62.7 Å². The number of carbonyl (C=O) groups excluding carboxylic acids is 2. The minimum absolute atomic E-state index is 0.193. The van der Waals surface area contributed by atoms with Gasteiger partial charge in [0.25, 0.3) is 0 Å². The van der Waals surface area contributed by atoms with E-state index < -0.39 is 18.1 Å². The lowest BCUT2D eigenvalue weighted by atomic mass is 10.1. The van der Waals surface area contributed by atoms with Crippen molar-refractivity contribution < 1.29 is 19.1 Å². The molecule has 0 bridgehead atoms. The molecule has 1 aromatic rings. The highest BCUT2D eigenvalue weighted by Crippen LogP contribution is 2.11. The molecule has 1 rings (SSSR count). The highest BCUT2D eigenvalue weighted by molar-refractivity contribution is 5.81. The molecule has 0 aliphatic rings. The number of amides is 1. The first-order chi connectivity index (χ1) is 11.0. The van der Waals surface area contributed by atoms with Gasteiger partial charge in [0, 0.05) is 7.05 Å². The lowest BCUT2D eigenvalue weighted by Crippen LogP contribution is -2.43. The third-order valence-corrected chi connectivity index (χ3v) is 3.51. The van der Waals surface area contributed by atoms with Crippen LogP contribution in [0.4, 0.5) is 4.79 Å². The quantitative estimate of drug-likeness (QED) is 0.686. The maximum absolute atomic E-state index is 12.4. The summed E-state index contributed by atoms with van der Waals surface area (Å²) in [6.45, 7) is 1.02. The van der Waals surface area contributed by atoms with E-state index in [-0.39, 0.29) is 6.61 Å². The Bertz CT molecular complexity index is 491. The maximum atomic E-state index is 12.4. The SMILES string of the molecule is COC(=O)N(C)[C@@H](CCCN(C)C)C(=O)OCc1ccccc1. The molecule has 0 aliphatic carbocycles. The summed E-state index contributed by atoms with van der Waals surface area (Å²) >= 11 is 0. The summed E-state index contributed by atoms with van der Waals surface area (Å²) in [6, 6.07) is 8.80. The van der Waals surface area contributed by atoms with E-state index >= 15 is 0 Å². The Kier molecular flexibility index (Phi) is 8.11. The van der Waals surface area contributed by atoms with E-state index in [2.05, 4.69) is 0 Å². The van der Waals surface area contributed by atoms with Crippen LogP contribution in [0, 0.1) is 0 Å². The number of carbonyl (C=O) groups is 2. The summed E-state index contributed by atoms with van der Waals surface area (Å²) in [5, 5.41) is 0. The number of hydrogen-bond donors (Lipinski definition) is 0. The van der Waals surface area contributed by atoms with Crippen LogP contribution in [0.15, 0.2) is 30.3 Å². The molecule has 0 unspecified atom stereocenters. The van der Waals surface area contributed by atoms with Crippen LogP contribution in [0.1, 0.15) is 18.4 Å². The third-order valence-electron chi connectivity index (χ3n) is 3.51. The van der Waals surface area contributed by atoms with Crippen LogP contribution >= 0.6 is 0 Å². The van der Waals surface area contributed by atoms with Gasteiger partial charge in [-0.3, -0.25) is 4.90 Å². The largest absolute Gasteiger partial charge is 0.459 e. The molecule has 1 amide bonds. The van der Waals surface area contributed by atoms with E-state index in [1.165, 1.54) is 12.0 Å². The Morgan fingerprint density at radius 1 is 1.13 bits per heavy atom. The lowest BCUT2D eigenvalue weighted by Gasteiger charge is -2.25. The predicted octanol–water partition coefficient (Wildman–Crippen LogP) is 2.14. The van der Waals surface area contributed by atoms with Crippen LogP contribution < -0.4 is 0 Å². The molecule has 0 fully saturated rings. The fraction of sp³-hybridized carbons (Fsp3) is 0.529. The summed E-state index contributed by atoms with van der Waals surface area (Å²) in [5.74, 6) is -0.416. The van der Waals surface area contributed by atoms with E-state index in [0.29, 0.717) is 6.42 Å². The van der Waals surface area contributed by atoms with Gasteiger partial charge in [-0.25, -0.2) is 9.59 Å². The Balaban J connectivity index is 2.64. The Labute approximate surface area is 138 Å². The molecule has 0 radical (unpaired) electrons. The van der Waals surface area contributed by atoms with Crippen molar-refractivity contribution in [3.8, 4) is 0 Å². The number of benzene rings is 1. The molecule has 0 spiro atoms. The summed E-state index contributed by atoms with van der Waals surface area (Å²) in [6.07, 6.45) is 0.758. The Morgan fingerprint density at radius 3 is 2.35 bits per heavy atom. The van der Waals surface area contributed by atoms with Crippen LogP contribution in [0.5, 0.6) is 0 Å². The summed E-state index contributed by atoms with van der Waals surface area (Å²) in [4.78, 5) is 27.4. The van der Waals surface area contributed by atoms with Crippen LogP contribution in [-0.2, 0) is 20.9 Å². The van der Waals surface area contributed by atoms with Gasteiger partial charge >= 0.3 is 12.1 Å². The topological polar surface area (TPSA) is 59.1 Å². The first kappa shape index (κ1) is 19.0. The summed E-state index contributed by atoms with van der Waals surface area (Å²) in [7, 11) is 6.78. The van der Waals surface area contributed by atoms with Gasteiger partial charge in [0.15, 0.2) is 0 Å². The molecular weight excluding hydrogens is 296 g/mol. The zero-order chi connectivity index (χ0) is 17.2. The zero-order valence-corrected chi connectivity index (χ0v) is 14.3. The fourth-order valence-corrected chi connectivity index (χ4v) is 2.17. The minimum Gasteiger partial charge on any atom is -0.459 e. The first-order valence-electron chi connectivity index (χ1n) is 7.61. The number of ether oxygens (including phenoxy) is 2. The maximum Gasteiger partial charge on any atom is 0.409 e. The van der Waals surface area contributed by atoms with Crippen LogP contribution in [0.2, 0.25) is 0 Å². The molecule has 1 aromatic carbocycles. The second-order valence-electron chi connectivity index (χ2n) is 5.64. The molecule has 0 saturated carbocycles. The number of nitrogens with zero attached hydrogens (tertiary/aromatic N) is 2. The number of hydrogen-bond acceptors (Lipinski definition) is 5. The molecule has 0 heterocycles. The van der Waals surface area contributed by atoms with Crippen molar-refractivity contribution in [2.75, 3.05) is 34.8 Å². The third kappa shape index (κ3) is 6.69. The molecule has 1 atom stereocenters. The van der Waals surface area contributed by atoms with Crippen molar-refractivity contribution in [1.82, 2.24) is 9.80 Å². The molecule has 6 nitrogen and oxygen atoms in total. The van der Waals surface area contributed by atoms with Crippen LogP contribution in [0.25, 0.3) is 0 Å². The van der Waals surface area contributed by atoms with E-state index in [1.54, 1.807) is 7.05 Å². The highest BCUT2D eigenvalue weighted by Gasteiger charge is 2.28. The summed E-state index contributed by atoms with van der Waals surface area (Å²) < 4.78 is 10.1.